The lowest BCUT2D eigenvalue weighted by Crippen LogP contribution is -2.29. The number of rotatable bonds is 9. The van der Waals surface area contributed by atoms with E-state index in [0.717, 1.165) is 18.7 Å². The lowest BCUT2D eigenvalue weighted by Gasteiger charge is -2.26. The van der Waals surface area contributed by atoms with Crippen molar-refractivity contribution in [2.45, 2.75) is 45.4 Å². The van der Waals surface area contributed by atoms with Crippen molar-refractivity contribution in [3.8, 4) is 5.75 Å². The molecule has 1 aliphatic heterocycles. The standard InChI is InChI=1S/C18H28N6O2/c1-15(25)24-18(20-21-22-24)19-9-6-12-26-17-8-5-7-16(13-17)14-23-10-3-2-4-11-23/h5,7-8,13,15,25H,2-4,6,9-12,14H2,1H3,(H,19,20,22). The SMILES string of the molecule is CC(O)n1nnnc1NCCCOc1cccc(CN2CCCCC2)c1. The molecule has 0 aliphatic carbocycles. The van der Waals surface area contributed by atoms with Crippen LogP contribution < -0.4 is 10.1 Å². The van der Waals surface area contributed by atoms with E-state index < -0.39 is 6.23 Å². The van der Waals surface area contributed by atoms with Gasteiger partial charge in [-0.25, -0.2) is 0 Å². The van der Waals surface area contributed by atoms with Gasteiger partial charge in [0.1, 0.15) is 12.0 Å². The zero-order valence-corrected chi connectivity index (χ0v) is 15.3. The molecule has 26 heavy (non-hydrogen) atoms. The summed E-state index contributed by atoms with van der Waals surface area (Å²) in [5.74, 6) is 1.37. The quantitative estimate of drug-likeness (QED) is 0.662. The van der Waals surface area contributed by atoms with E-state index in [0.29, 0.717) is 19.1 Å². The second-order valence-electron chi connectivity index (χ2n) is 6.69. The topological polar surface area (TPSA) is 88.3 Å². The number of hydrogen-bond acceptors (Lipinski definition) is 7. The fourth-order valence-corrected chi connectivity index (χ4v) is 3.13. The van der Waals surface area contributed by atoms with Crippen molar-refractivity contribution in [1.29, 1.82) is 0 Å². The van der Waals surface area contributed by atoms with E-state index >= 15 is 0 Å². The van der Waals surface area contributed by atoms with Gasteiger partial charge in [0.05, 0.1) is 6.61 Å². The zero-order chi connectivity index (χ0) is 18.2. The number of nitrogens with one attached hydrogen (secondary N) is 1. The van der Waals surface area contributed by atoms with Crippen molar-refractivity contribution in [1.82, 2.24) is 25.1 Å². The molecule has 1 unspecified atom stereocenters. The van der Waals surface area contributed by atoms with Crippen LogP contribution >= 0.6 is 0 Å². The van der Waals surface area contributed by atoms with Crippen LogP contribution in [-0.2, 0) is 6.54 Å². The van der Waals surface area contributed by atoms with E-state index in [-0.39, 0.29) is 0 Å². The number of piperidine rings is 1. The fraction of sp³-hybridized carbons (Fsp3) is 0.611. The van der Waals surface area contributed by atoms with Gasteiger partial charge >= 0.3 is 0 Å². The van der Waals surface area contributed by atoms with E-state index in [4.69, 9.17) is 4.74 Å². The maximum Gasteiger partial charge on any atom is 0.245 e. The Labute approximate surface area is 154 Å². The van der Waals surface area contributed by atoms with Gasteiger partial charge in [-0.1, -0.05) is 23.7 Å². The average Bonchev–Trinajstić information content (AvgIpc) is 3.11. The minimum absolute atomic E-state index is 0.462. The summed E-state index contributed by atoms with van der Waals surface area (Å²) in [5.41, 5.74) is 1.30. The summed E-state index contributed by atoms with van der Waals surface area (Å²) in [6, 6.07) is 8.36. The lowest BCUT2D eigenvalue weighted by molar-refractivity contribution is 0.110. The first-order chi connectivity index (χ1) is 12.7. The first-order valence-electron chi connectivity index (χ1n) is 9.36. The van der Waals surface area contributed by atoms with Crippen molar-refractivity contribution in [2.75, 3.05) is 31.6 Å². The molecule has 0 bridgehead atoms. The van der Waals surface area contributed by atoms with E-state index in [2.05, 4.69) is 43.9 Å². The summed E-state index contributed by atoms with van der Waals surface area (Å²) in [5, 5.41) is 23.8. The van der Waals surface area contributed by atoms with Gasteiger partial charge in [-0.3, -0.25) is 4.90 Å². The third-order valence-electron chi connectivity index (χ3n) is 4.47. The van der Waals surface area contributed by atoms with Crippen LogP contribution in [-0.4, -0.2) is 56.5 Å². The van der Waals surface area contributed by atoms with Crippen LogP contribution in [0.2, 0.25) is 0 Å². The molecule has 1 aliphatic rings. The Bertz CT molecular complexity index is 669. The second-order valence-corrected chi connectivity index (χ2v) is 6.69. The molecule has 1 aromatic carbocycles. The molecule has 3 rings (SSSR count). The highest BCUT2D eigenvalue weighted by molar-refractivity contribution is 5.28. The molecule has 142 valence electrons. The molecule has 1 fully saturated rings. The normalized spacial score (nSPS) is 16.4. The Kier molecular flexibility index (Phi) is 6.79. The number of aliphatic hydroxyl groups excluding tert-OH is 1. The molecular formula is C18H28N6O2. The number of benzene rings is 1. The van der Waals surface area contributed by atoms with Crippen molar-refractivity contribution in [3.05, 3.63) is 29.8 Å². The Balaban J connectivity index is 1.39. The lowest BCUT2D eigenvalue weighted by atomic mass is 10.1. The highest BCUT2D eigenvalue weighted by Crippen LogP contribution is 2.17. The highest BCUT2D eigenvalue weighted by Gasteiger charge is 2.11. The van der Waals surface area contributed by atoms with Crippen LogP contribution in [0.5, 0.6) is 5.75 Å². The smallest absolute Gasteiger partial charge is 0.245 e. The summed E-state index contributed by atoms with van der Waals surface area (Å²) in [7, 11) is 0. The van der Waals surface area contributed by atoms with Crippen LogP contribution in [0.15, 0.2) is 24.3 Å². The molecule has 2 aromatic rings. The third kappa shape index (κ3) is 5.40. The van der Waals surface area contributed by atoms with Crippen molar-refractivity contribution >= 4 is 5.95 Å². The van der Waals surface area contributed by atoms with E-state index in [9.17, 15) is 5.11 Å². The van der Waals surface area contributed by atoms with Crippen molar-refractivity contribution < 1.29 is 9.84 Å². The number of anilines is 1. The van der Waals surface area contributed by atoms with Gasteiger partial charge in [0.25, 0.3) is 0 Å². The largest absolute Gasteiger partial charge is 0.494 e. The molecule has 2 heterocycles. The van der Waals surface area contributed by atoms with E-state index in [1.807, 2.05) is 6.07 Å². The number of aromatic nitrogens is 4. The summed E-state index contributed by atoms with van der Waals surface area (Å²) in [6.07, 6.45) is 4.02. The Hall–Kier alpha value is -2.19. The van der Waals surface area contributed by atoms with Gasteiger partial charge in [-0.05, 0) is 67.4 Å². The van der Waals surface area contributed by atoms with Gasteiger partial charge in [0.2, 0.25) is 5.95 Å². The molecule has 8 heteroatoms. The third-order valence-corrected chi connectivity index (χ3v) is 4.47. The van der Waals surface area contributed by atoms with Gasteiger partial charge in [0.15, 0.2) is 0 Å². The molecule has 0 amide bonds. The number of nitrogens with zero attached hydrogens (tertiary/aromatic N) is 5. The molecule has 8 nitrogen and oxygen atoms in total. The van der Waals surface area contributed by atoms with Crippen LogP contribution in [0.1, 0.15) is 44.4 Å². The maximum absolute atomic E-state index is 9.54. The average molecular weight is 360 g/mol. The molecule has 1 saturated heterocycles. The highest BCUT2D eigenvalue weighted by atomic mass is 16.5. The van der Waals surface area contributed by atoms with Crippen molar-refractivity contribution in [3.63, 3.8) is 0 Å². The number of aliphatic hydroxyl groups is 1. The van der Waals surface area contributed by atoms with E-state index in [1.54, 1.807) is 6.92 Å². The number of hydrogen-bond donors (Lipinski definition) is 2. The van der Waals surface area contributed by atoms with Crippen molar-refractivity contribution in [2.24, 2.45) is 0 Å². The van der Waals surface area contributed by atoms with Crippen LogP contribution in [0.3, 0.4) is 0 Å². The Morgan fingerprint density at radius 1 is 1.27 bits per heavy atom. The molecular weight excluding hydrogens is 332 g/mol. The van der Waals surface area contributed by atoms with Crippen LogP contribution in [0.4, 0.5) is 5.95 Å². The molecule has 2 N–H and O–H groups in total. The van der Waals surface area contributed by atoms with Gasteiger partial charge in [-0.15, -0.1) is 0 Å². The number of tetrazole rings is 1. The monoisotopic (exact) mass is 360 g/mol. The first kappa shape index (κ1) is 18.6. The zero-order valence-electron chi connectivity index (χ0n) is 15.3. The van der Waals surface area contributed by atoms with Gasteiger partial charge in [-0.2, -0.15) is 4.68 Å². The van der Waals surface area contributed by atoms with Crippen LogP contribution in [0, 0.1) is 0 Å². The van der Waals surface area contributed by atoms with Gasteiger partial charge < -0.3 is 15.2 Å². The fourth-order valence-electron chi connectivity index (χ4n) is 3.13. The minimum atomic E-state index is -0.758. The van der Waals surface area contributed by atoms with Crippen LogP contribution in [0.25, 0.3) is 0 Å². The molecule has 0 spiro atoms. The minimum Gasteiger partial charge on any atom is -0.494 e. The number of likely N-dealkylation sites (tertiary alicyclic amines) is 1. The Morgan fingerprint density at radius 3 is 2.92 bits per heavy atom. The molecule has 0 radical (unpaired) electrons. The molecule has 0 saturated carbocycles. The summed E-state index contributed by atoms with van der Waals surface area (Å²) >= 11 is 0. The predicted octanol–water partition coefficient (Wildman–Crippen LogP) is 2.05. The predicted molar refractivity (Wildman–Crippen MR) is 98.9 cm³/mol. The number of ether oxygens (including phenoxy) is 1. The summed E-state index contributed by atoms with van der Waals surface area (Å²) in [4.78, 5) is 2.51. The summed E-state index contributed by atoms with van der Waals surface area (Å²) < 4.78 is 7.20. The second kappa shape index (κ2) is 9.49. The van der Waals surface area contributed by atoms with E-state index in [1.165, 1.54) is 42.6 Å². The summed E-state index contributed by atoms with van der Waals surface area (Å²) in [6.45, 7) is 6.28. The molecule has 1 aromatic heterocycles. The first-order valence-corrected chi connectivity index (χ1v) is 9.36. The van der Waals surface area contributed by atoms with Gasteiger partial charge in [0, 0.05) is 13.1 Å². The molecule has 1 atom stereocenters. The maximum atomic E-state index is 9.54. The Morgan fingerprint density at radius 2 is 2.12 bits per heavy atom.